The second-order valence-electron chi connectivity index (χ2n) is 6.30. The van der Waals surface area contributed by atoms with Gasteiger partial charge in [0.15, 0.2) is 0 Å². The zero-order chi connectivity index (χ0) is 14.9. The van der Waals surface area contributed by atoms with Gasteiger partial charge in [-0.25, -0.2) is 0 Å². The largest absolute Gasteiger partial charge is 0.461 e. The summed E-state index contributed by atoms with van der Waals surface area (Å²) in [4.78, 5) is 12.2. The first-order valence-corrected chi connectivity index (χ1v) is 7.26. The maximum atomic E-state index is 12.2. The lowest BCUT2D eigenvalue weighted by atomic mass is 10.1. The number of carbonyl (C=O) groups excluding carboxylic acids is 1. The Labute approximate surface area is 125 Å². The van der Waals surface area contributed by atoms with Gasteiger partial charge in [0, 0.05) is 5.02 Å². The van der Waals surface area contributed by atoms with E-state index in [1.807, 2.05) is 12.1 Å². The summed E-state index contributed by atoms with van der Waals surface area (Å²) in [5, 5.41) is 0.687. The molecule has 1 aliphatic rings. The number of hydrogen-bond acceptors (Lipinski definition) is 2. The lowest BCUT2D eigenvalue weighted by Gasteiger charge is -2.06. The van der Waals surface area contributed by atoms with Crippen LogP contribution in [0.3, 0.4) is 0 Å². The van der Waals surface area contributed by atoms with E-state index in [2.05, 4.69) is 33.8 Å². The van der Waals surface area contributed by atoms with Crippen LogP contribution in [0, 0.1) is 17.3 Å². The Kier molecular flexibility index (Phi) is 4.24. The van der Waals surface area contributed by atoms with Crippen molar-refractivity contribution in [3.8, 4) is 0 Å². The van der Waals surface area contributed by atoms with Gasteiger partial charge in [-0.1, -0.05) is 49.2 Å². The van der Waals surface area contributed by atoms with Crippen LogP contribution >= 0.6 is 11.6 Å². The molecule has 0 aromatic heterocycles. The molecule has 2 atom stereocenters. The normalized spacial score (nSPS) is 23.1. The molecule has 3 heteroatoms. The molecule has 108 valence electrons. The van der Waals surface area contributed by atoms with Crippen LogP contribution in [0.15, 0.2) is 35.9 Å². The van der Waals surface area contributed by atoms with E-state index in [1.165, 1.54) is 5.57 Å². The first kappa shape index (κ1) is 15.1. The number of allylic oxidation sites excluding steroid dienone is 2. The van der Waals surface area contributed by atoms with Crippen molar-refractivity contribution in [1.29, 1.82) is 0 Å². The van der Waals surface area contributed by atoms with Gasteiger partial charge in [-0.3, -0.25) is 4.79 Å². The molecule has 1 fully saturated rings. The SMILES string of the molecule is CC(C)=CC1[C@@H](C(=O)OCc2ccc(Cl)cc2)C1(C)C. The van der Waals surface area contributed by atoms with E-state index in [1.54, 1.807) is 12.1 Å². The molecule has 1 aromatic rings. The summed E-state index contributed by atoms with van der Waals surface area (Å²) in [5.74, 6) is 0.169. The van der Waals surface area contributed by atoms with Crippen LogP contribution in [0.4, 0.5) is 0 Å². The third-order valence-corrected chi connectivity index (χ3v) is 4.22. The quantitative estimate of drug-likeness (QED) is 0.598. The minimum absolute atomic E-state index is 0.00828. The summed E-state index contributed by atoms with van der Waals surface area (Å²) >= 11 is 5.83. The van der Waals surface area contributed by atoms with E-state index in [0.717, 1.165) is 5.56 Å². The highest BCUT2D eigenvalue weighted by Gasteiger charge is 2.61. The van der Waals surface area contributed by atoms with Crippen LogP contribution in [-0.4, -0.2) is 5.97 Å². The first-order chi connectivity index (χ1) is 9.32. The maximum absolute atomic E-state index is 12.2. The average molecular weight is 293 g/mol. The average Bonchev–Trinajstić information content (AvgIpc) is 2.89. The molecule has 1 saturated carbocycles. The highest BCUT2D eigenvalue weighted by molar-refractivity contribution is 6.30. The van der Waals surface area contributed by atoms with Crippen molar-refractivity contribution in [3.05, 3.63) is 46.5 Å². The van der Waals surface area contributed by atoms with Crippen LogP contribution in [0.2, 0.25) is 5.02 Å². The second-order valence-corrected chi connectivity index (χ2v) is 6.74. The molecule has 0 radical (unpaired) electrons. The molecule has 0 spiro atoms. The molecule has 1 aromatic carbocycles. The molecule has 1 aliphatic carbocycles. The van der Waals surface area contributed by atoms with Crippen LogP contribution in [0.25, 0.3) is 0 Å². The highest BCUT2D eigenvalue weighted by Crippen LogP contribution is 2.59. The van der Waals surface area contributed by atoms with Gasteiger partial charge < -0.3 is 4.74 Å². The second kappa shape index (κ2) is 5.61. The molecule has 0 aliphatic heterocycles. The van der Waals surface area contributed by atoms with Crippen LogP contribution in [0.5, 0.6) is 0 Å². The van der Waals surface area contributed by atoms with Crippen LogP contribution in [0.1, 0.15) is 33.3 Å². The fraction of sp³-hybridized carbons (Fsp3) is 0.471. The standard InChI is InChI=1S/C17H21ClO2/c1-11(2)9-14-15(17(14,3)4)16(19)20-10-12-5-7-13(18)8-6-12/h5-9,14-15H,10H2,1-4H3/t14?,15-/m0/s1. The molecule has 0 amide bonds. The van der Waals surface area contributed by atoms with Crippen molar-refractivity contribution in [1.82, 2.24) is 0 Å². The summed E-state index contributed by atoms with van der Waals surface area (Å²) < 4.78 is 5.43. The molecule has 2 nitrogen and oxygen atoms in total. The summed E-state index contributed by atoms with van der Waals surface area (Å²) in [5.41, 5.74) is 2.21. The molecule has 0 N–H and O–H groups in total. The van der Waals surface area contributed by atoms with Crippen molar-refractivity contribution >= 4 is 17.6 Å². The van der Waals surface area contributed by atoms with Crippen LogP contribution < -0.4 is 0 Å². The Bertz CT molecular complexity index is 524. The van der Waals surface area contributed by atoms with Crippen molar-refractivity contribution in [2.75, 3.05) is 0 Å². The Morgan fingerprint density at radius 2 is 1.90 bits per heavy atom. The van der Waals surface area contributed by atoms with Crippen molar-refractivity contribution in [3.63, 3.8) is 0 Å². The Morgan fingerprint density at radius 1 is 1.30 bits per heavy atom. The van der Waals surface area contributed by atoms with E-state index in [4.69, 9.17) is 16.3 Å². The van der Waals surface area contributed by atoms with E-state index in [9.17, 15) is 4.79 Å². The smallest absolute Gasteiger partial charge is 0.310 e. The third-order valence-electron chi connectivity index (χ3n) is 3.97. The monoisotopic (exact) mass is 292 g/mol. The molecule has 1 unspecified atom stereocenters. The predicted molar refractivity (Wildman–Crippen MR) is 81.4 cm³/mol. The van der Waals surface area contributed by atoms with Gasteiger partial charge in [-0.15, -0.1) is 0 Å². The predicted octanol–water partition coefficient (Wildman–Crippen LogP) is 4.62. The number of hydrogen-bond donors (Lipinski definition) is 0. The first-order valence-electron chi connectivity index (χ1n) is 6.88. The summed E-state index contributed by atoms with van der Waals surface area (Å²) in [6.45, 7) is 8.66. The minimum Gasteiger partial charge on any atom is -0.461 e. The van der Waals surface area contributed by atoms with Gasteiger partial charge in [0.1, 0.15) is 6.61 Å². The fourth-order valence-corrected chi connectivity index (χ4v) is 2.75. The van der Waals surface area contributed by atoms with Gasteiger partial charge in [0.25, 0.3) is 0 Å². The molecule has 0 saturated heterocycles. The van der Waals surface area contributed by atoms with E-state index >= 15 is 0 Å². The Balaban J connectivity index is 1.93. The number of rotatable bonds is 4. The summed E-state index contributed by atoms with van der Waals surface area (Å²) in [7, 11) is 0. The Morgan fingerprint density at radius 3 is 2.45 bits per heavy atom. The van der Waals surface area contributed by atoms with Gasteiger partial charge in [0.05, 0.1) is 5.92 Å². The van der Waals surface area contributed by atoms with Crippen molar-refractivity contribution in [2.24, 2.45) is 17.3 Å². The van der Waals surface area contributed by atoms with E-state index in [-0.39, 0.29) is 17.3 Å². The minimum atomic E-state index is -0.104. The molecule has 20 heavy (non-hydrogen) atoms. The lowest BCUT2D eigenvalue weighted by molar-refractivity contribution is -0.147. The number of ether oxygens (including phenoxy) is 1. The van der Waals surface area contributed by atoms with Crippen LogP contribution in [-0.2, 0) is 16.1 Å². The van der Waals surface area contributed by atoms with E-state index < -0.39 is 0 Å². The number of benzene rings is 1. The topological polar surface area (TPSA) is 26.3 Å². The molecular formula is C17H21ClO2. The number of carbonyl (C=O) groups is 1. The Hall–Kier alpha value is -1.28. The molecule has 0 bridgehead atoms. The van der Waals surface area contributed by atoms with Crippen molar-refractivity contribution in [2.45, 2.75) is 34.3 Å². The molecule has 2 rings (SSSR count). The van der Waals surface area contributed by atoms with Crippen molar-refractivity contribution < 1.29 is 9.53 Å². The zero-order valence-corrected chi connectivity index (χ0v) is 13.2. The van der Waals surface area contributed by atoms with Gasteiger partial charge >= 0.3 is 5.97 Å². The van der Waals surface area contributed by atoms with Gasteiger partial charge in [-0.05, 0) is 42.9 Å². The number of halogens is 1. The van der Waals surface area contributed by atoms with Gasteiger partial charge in [-0.2, -0.15) is 0 Å². The summed E-state index contributed by atoms with van der Waals surface area (Å²) in [6, 6.07) is 7.36. The van der Waals surface area contributed by atoms with E-state index in [0.29, 0.717) is 17.5 Å². The third kappa shape index (κ3) is 3.24. The lowest BCUT2D eigenvalue weighted by Crippen LogP contribution is -2.10. The maximum Gasteiger partial charge on any atom is 0.310 e. The van der Waals surface area contributed by atoms with Gasteiger partial charge in [0.2, 0.25) is 0 Å². The fourth-order valence-electron chi connectivity index (χ4n) is 2.62. The highest BCUT2D eigenvalue weighted by atomic mass is 35.5. The number of esters is 1. The molecular weight excluding hydrogens is 272 g/mol. The molecule has 0 heterocycles. The summed E-state index contributed by atoms with van der Waals surface area (Å²) in [6.07, 6.45) is 2.17. The zero-order valence-electron chi connectivity index (χ0n) is 12.4.